The molecule has 0 bridgehead atoms. The molecule has 0 aliphatic heterocycles. The van der Waals surface area contributed by atoms with E-state index in [-0.39, 0.29) is 11.9 Å². The quantitative estimate of drug-likeness (QED) is 0.866. The minimum Gasteiger partial charge on any atom is -0.377 e. The molecule has 0 heterocycles. The lowest BCUT2D eigenvalue weighted by Gasteiger charge is -2.20. The molecule has 100 valence electrons. The number of nitrogens with two attached hydrogens (primary N) is 1. The maximum absolute atomic E-state index is 13.2. The summed E-state index contributed by atoms with van der Waals surface area (Å²) in [5.41, 5.74) is 7.33. The molecule has 0 saturated carbocycles. The molecule has 2 nitrogen and oxygen atoms in total. The summed E-state index contributed by atoms with van der Waals surface area (Å²) >= 11 is 9.56. The van der Waals surface area contributed by atoms with Crippen molar-refractivity contribution >= 4 is 33.2 Å². The summed E-state index contributed by atoms with van der Waals surface area (Å²) in [6.07, 6.45) is 0. The summed E-state index contributed by atoms with van der Waals surface area (Å²) in [6, 6.07) is 11.7. The van der Waals surface area contributed by atoms with E-state index in [9.17, 15) is 4.39 Å². The van der Waals surface area contributed by atoms with Crippen LogP contribution in [-0.4, -0.2) is 6.54 Å². The van der Waals surface area contributed by atoms with Gasteiger partial charge in [-0.1, -0.05) is 39.7 Å². The molecule has 2 aromatic rings. The number of anilines is 1. The Hall–Kier alpha value is -1.10. The number of rotatable bonds is 4. The van der Waals surface area contributed by atoms with E-state index in [0.29, 0.717) is 17.3 Å². The van der Waals surface area contributed by atoms with Crippen LogP contribution in [0, 0.1) is 5.82 Å². The lowest BCUT2D eigenvalue weighted by Crippen LogP contribution is -2.21. The van der Waals surface area contributed by atoms with Crippen molar-refractivity contribution < 1.29 is 4.39 Å². The number of halogens is 3. The van der Waals surface area contributed by atoms with Gasteiger partial charge in [0.15, 0.2) is 0 Å². The Morgan fingerprint density at radius 2 is 2.05 bits per heavy atom. The molecule has 0 aromatic heterocycles. The Morgan fingerprint density at radius 1 is 1.26 bits per heavy atom. The zero-order valence-corrected chi connectivity index (χ0v) is 12.4. The highest BCUT2D eigenvalue weighted by Crippen LogP contribution is 2.28. The fourth-order valence-electron chi connectivity index (χ4n) is 1.83. The van der Waals surface area contributed by atoms with Crippen molar-refractivity contribution in [2.24, 2.45) is 5.73 Å². The van der Waals surface area contributed by atoms with E-state index in [1.54, 1.807) is 12.1 Å². The summed E-state index contributed by atoms with van der Waals surface area (Å²) in [6.45, 7) is 0.359. The highest BCUT2D eigenvalue weighted by molar-refractivity contribution is 9.10. The SMILES string of the molecule is NCC(Nc1cccc(F)c1)c1ccc(Br)cc1Cl. The van der Waals surface area contributed by atoms with Gasteiger partial charge >= 0.3 is 0 Å². The first-order chi connectivity index (χ1) is 9.10. The van der Waals surface area contributed by atoms with Gasteiger partial charge in [-0.2, -0.15) is 0 Å². The Labute approximate surface area is 124 Å². The van der Waals surface area contributed by atoms with Gasteiger partial charge in [0.05, 0.1) is 6.04 Å². The van der Waals surface area contributed by atoms with Crippen LogP contribution in [0.5, 0.6) is 0 Å². The minimum absolute atomic E-state index is 0.164. The van der Waals surface area contributed by atoms with E-state index < -0.39 is 0 Å². The molecule has 0 aliphatic carbocycles. The van der Waals surface area contributed by atoms with Crippen LogP contribution in [0.1, 0.15) is 11.6 Å². The third-order valence-electron chi connectivity index (χ3n) is 2.74. The first-order valence-corrected chi connectivity index (χ1v) is 6.94. The first-order valence-electron chi connectivity index (χ1n) is 5.77. The second-order valence-corrected chi connectivity index (χ2v) is 5.43. The first kappa shape index (κ1) is 14.3. The zero-order chi connectivity index (χ0) is 13.8. The predicted octanol–water partition coefficient (Wildman–Crippen LogP) is 4.35. The third-order valence-corrected chi connectivity index (χ3v) is 3.56. The third kappa shape index (κ3) is 3.69. The summed E-state index contributed by atoms with van der Waals surface area (Å²) in [7, 11) is 0. The van der Waals surface area contributed by atoms with Gasteiger partial charge in [-0.05, 0) is 35.9 Å². The maximum atomic E-state index is 13.2. The molecule has 2 rings (SSSR count). The molecule has 0 spiro atoms. The van der Waals surface area contributed by atoms with Gasteiger partial charge in [-0.15, -0.1) is 0 Å². The van der Waals surface area contributed by atoms with E-state index in [1.165, 1.54) is 12.1 Å². The molecule has 0 aliphatic rings. The van der Waals surface area contributed by atoms with Gasteiger partial charge in [0.2, 0.25) is 0 Å². The van der Waals surface area contributed by atoms with Crippen molar-refractivity contribution in [3.8, 4) is 0 Å². The number of benzene rings is 2. The molecule has 5 heteroatoms. The molecule has 1 atom stereocenters. The smallest absolute Gasteiger partial charge is 0.125 e. The molecule has 0 fully saturated rings. The van der Waals surface area contributed by atoms with Crippen LogP contribution in [0.15, 0.2) is 46.9 Å². The Kier molecular flexibility index (Phi) is 4.80. The van der Waals surface area contributed by atoms with Crippen molar-refractivity contribution in [2.75, 3.05) is 11.9 Å². The number of hydrogen-bond acceptors (Lipinski definition) is 2. The van der Waals surface area contributed by atoms with Crippen molar-refractivity contribution in [3.05, 3.63) is 63.3 Å². The molecule has 3 N–H and O–H groups in total. The minimum atomic E-state index is -0.289. The van der Waals surface area contributed by atoms with Crippen LogP contribution in [0.3, 0.4) is 0 Å². The molecule has 19 heavy (non-hydrogen) atoms. The van der Waals surface area contributed by atoms with Crippen LogP contribution < -0.4 is 11.1 Å². The molecule has 0 saturated heterocycles. The number of hydrogen-bond donors (Lipinski definition) is 2. The Bertz CT molecular complexity index is 577. The van der Waals surface area contributed by atoms with Crippen LogP contribution in [0.2, 0.25) is 5.02 Å². The molecule has 2 aromatic carbocycles. The van der Waals surface area contributed by atoms with E-state index in [0.717, 1.165) is 10.0 Å². The monoisotopic (exact) mass is 342 g/mol. The Morgan fingerprint density at radius 3 is 2.68 bits per heavy atom. The molecule has 1 unspecified atom stereocenters. The second-order valence-electron chi connectivity index (χ2n) is 4.11. The molecule has 0 radical (unpaired) electrons. The number of nitrogens with one attached hydrogen (secondary N) is 1. The lowest BCUT2D eigenvalue weighted by molar-refractivity contribution is 0.627. The van der Waals surface area contributed by atoms with Crippen molar-refractivity contribution in [1.29, 1.82) is 0 Å². The van der Waals surface area contributed by atoms with Crippen LogP contribution in [-0.2, 0) is 0 Å². The summed E-state index contributed by atoms with van der Waals surface area (Å²) in [5.74, 6) is -0.289. The van der Waals surface area contributed by atoms with Crippen LogP contribution >= 0.6 is 27.5 Å². The van der Waals surface area contributed by atoms with Gasteiger partial charge < -0.3 is 11.1 Å². The van der Waals surface area contributed by atoms with E-state index in [1.807, 2.05) is 18.2 Å². The molecule has 0 amide bonds. The lowest BCUT2D eigenvalue weighted by atomic mass is 10.1. The van der Waals surface area contributed by atoms with E-state index in [4.69, 9.17) is 17.3 Å². The molecular weight excluding hydrogens is 331 g/mol. The zero-order valence-electron chi connectivity index (χ0n) is 10.0. The van der Waals surface area contributed by atoms with Crippen molar-refractivity contribution in [1.82, 2.24) is 0 Å². The van der Waals surface area contributed by atoms with Crippen LogP contribution in [0.25, 0.3) is 0 Å². The highest BCUT2D eigenvalue weighted by atomic mass is 79.9. The summed E-state index contributed by atoms with van der Waals surface area (Å²) in [5, 5.41) is 3.80. The highest BCUT2D eigenvalue weighted by Gasteiger charge is 2.13. The summed E-state index contributed by atoms with van der Waals surface area (Å²) in [4.78, 5) is 0. The fraction of sp³-hybridized carbons (Fsp3) is 0.143. The van der Waals surface area contributed by atoms with Crippen LogP contribution in [0.4, 0.5) is 10.1 Å². The average molecular weight is 344 g/mol. The predicted molar refractivity (Wildman–Crippen MR) is 81.0 cm³/mol. The van der Waals surface area contributed by atoms with Crippen molar-refractivity contribution in [3.63, 3.8) is 0 Å². The van der Waals surface area contributed by atoms with E-state index >= 15 is 0 Å². The van der Waals surface area contributed by atoms with Gasteiger partial charge in [0.1, 0.15) is 5.82 Å². The van der Waals surface area contributed by atoms with Gasteiger partial charge in [-0.25, -0.2) is 4.39 Å². The van der Waals surface area contributed by atoms with Crippen molar-refractivity contribution in [2.45, 2.75) is 6.04 Å². The fourth-order valence-corrected chi connectivity index (χ4v) is 2.63. The standard InChI is InChI=1S/C14H13BrClFN2/c15-9-4-5-12(13(16)6-9)14(8-18)19-11-3-1-2-10(17)7-11/h1-7,14,19H,8,18H2. The normalized spacial score (nSPS) is 12.2. The second kappa shape index (κ2) is 6.37. The molecular formula is C14H13BrClFN2. The summed E-state index contributed by atoms with van der Waals surface area (Å²) < 4.78 is 14.1. The van der Waals surface area contributed by atoms with E-state index in [2.05, 4.69) is 21.2 Å². The van der Waals surface area contributed by atoms with Gasteiger partial charge in [-0.3, -0.25) is 0 Å². The topological polar surface area (TPSA) is 38.0 Å². The average Bonchev–Trinajstić information content (AvgIpc) is 2.37. The maximum Gasteiger partial charge on any atom is 0.125 e. The van der Waals surface area contributed by atoms with Gasteiger partial charge in [0, 0.05) is 21.7 Å². The van der Waals surface area contributed by atoms with Gasteiger partial charge in [0.25, 0.3) is 0 Å². The Balaban J connectivity index is 2.25. The largest absolute Gasteiger partial charge is 0.377 e.